The normalized spacial score (nSPS) is 9.64. The highest BCUT2D eigenvalue weighted by Gasteiger charge is 1.92. The van der Waals surface area contributed by atoms with Crippen molar-refractivity contribution < 1.29 is 0 Å². The molecule has 0 bridgehead atoms. The number of rotatable bonds is 3. The molecule has 2 N–H and O–H groups in total. The number of hydrogen-bond acceptors (Lipinski definition) is 3. The summed E-state index contributed by atoms with van der Waals surface area (Å²) in [5.41, 5.74) is 1.24. The first kappa shape index (κ1) is 8.01. The largest absolute Gasteiger partial charge is 0.373 e. The van der Waals surface area contributed by atoms with E-state index in [4.69, 9.17) is 0 Å². The Hall–Kier alpha value is -1.09. The van der Waals surface area contributed by atoms with E-state index in [1.54, 1.807) is 6.20 Å². The average molecular weight is 151 g/mol. The summed E-state index contributed by atoms with van der Waals surface area (Å²) in [5, 5.41) is 6.07. The van der Waals surface area contributed by atoms with Crippen LogP contribution in [-0.4, -0.2) is 19.1 Å². The third-order valence-corrected chi connectivity index (χ3v) is 1.46. The predicted molar refractivity (Wildman–Crippen MR) is 46.5 cm³/mol. The summed E-state index contributed by atoms with van der Waals surface area (Å²) >= 11 is 0. The fraction of sp³-hybridized carbons (Fsp3) is 0.375. The van der Waals surface area contributed by atoms with E-state index in [0.29, 0.717) is 0 Å². The molecule has 0 saturated heterocycles. The van der Waals surface area contributed by atoms with E-state index < -0.39 is 0 Å². The minimum Gasteiger partial charge on any atom is -0.373 e. The van der Waals surface area contributed by atoms with Gasteiger partial charge in [0.05, 0.1) is 0 Å². The van der Waals surface area contributed by atoms with Gasteiger partial charge >= 0.3 is 0 Å². The molecule has 0 fully saturated rings. The Labute approximate surface area is 66.8 Å². The van der Waals surface area contributed by atoms with Crippen molar-refractivity contribution in [3.05, 3.63) is 23.9 Å². The Morgan fingerprint density at radius 2 is 2.27 bits per heavy atom. The molecule has 0 spiro atoms. The second-order valence-electron chi connectivity index (χ2n) is 2.33. The highest BCUT2D eigenvalue weighted by molar-refractivity contribution is 5.36. The molecule has 0 unspecified atom stereocenters. The van der Waals surface area contributed by atoms with Gasteiger partial charge in [-0.25, -0.2) is 4.98 Å². The Balaban J connectivity index is 2.74. The van der Waals surface area contributed by atoms with Crippen molar-refractivity contribution in [1.29, 1.82) is 0 Å². The standard InChI is InChI=1S/C8H13N3/c1-9-6-7-3-4-11-8(5-7)10-2/h3-5,9H,6H2,1-2H3,(H,10,11). The van der Waals surface area contributed by atoms with E-state index in [-0.39, 0.29) is 0 Å². The third-order valence-electron chi connectivity index (χ3n) is 1.46. The van der Waals surface area contributed by atoms with Gasteiger partial charge in [0.15, 0.2) is 0 Å². The Bertz CT molecular complexity index is 222. The van der Waals surface area contributed by atoms with E-state index in [1.807, 2.05) is 26.2 Å². The van der Waals surface area contributed by atoms with Crippen LogP contribution in [0.25, 0.3) is 0 Å². The van der Waals surface area contributed by atoms with Gasteiger partial charge in [0.1, 0.15) is 5.82 Å². The smallest absolute Gasteiger partial charge is 0.125 e. The fourth-order valence-electron chi connectivity index (χ4n) is 0.925. The maximum atomic E-state index is 4.10. The molecule has 60 valence electrons. The number of nitrogens with zero attached hydrogens (tertiary/aromatic N) is 1. The van der Waals surface area contributed by atoms with Gasteiger partial charge in [-0.05, 0) is 24.7 Å². The molecule has 0 aromatic carbocycles. The molecular formula is C8H13N3. The van der Waals surface area contributed by atoms with E-state index in [2.05, 4.69) is 15.6 Å². The fourth-order valence-corrected chi connectivity index (χ4v) is 0.925. The lowest BCUT2D eigenvalue weighted by Gasteiger charge is -2.02. The van der Waals surface area contributed by atoms with Crippen molar-refractivity contribution in [2.24, 2.45) is 0 Å². The van der Waals surface area contributed by atoms with E-state index in [9.17, 15) is 0 Å². The van der Waals surface area contributed by atoms with Gasteiger partial charge in [0.25, 0.3) is 0 Å². The molecule has 1 aromatic heterocycles. The van der Waals surface area contributed by atoms with Crippen molar-refractivity contribution in [1.82, 2.24) is 10.3 Å². The van der Waals surface area contributed by atoms with Gasteiger partial charge in [0.2, 0.25) is 0 Å². The van der Waals surface area contributed by atoms with Gasteiger partial charge in [0, 0.05) is 19.8 Å². The topological polar surface area (TPSA) is 37.0 Å². The van der Waals surface area contributed by atoms with Gasteiger partial charge in [-0.1, -0.05) is 0 Å². The molecule has 0 aliphatic heterocycles. The quantitative estimate of drug-likeness (QED) is 0.672. The van der Waals surface area contributed by atoms with Crippen LogP contribution in [0.4, 0.5) is 5.82 Å². The molecule has 0 radical (unpaired) electrons. The van der Waals surface area contributed by atoms with Crippen LogP contribution in [0, 0.1) is 0 Å². The molecule has 11 heavy (non-hydrogen) atoms. The van der Waals surface area contributed by atoms with E-state index in [0.717, 1.165) is 12.4 Å². The van der Waals surface area contributed by atoms with Gasteiger partial charge in [-0.2, -0.15) is 0 Å². The molecule has 0 amide bonds. The number of pyridine rings is 1. The zero-order valence-corrected chi connectivity index (χ0v) is 6.89. The summed E-state index contributed by atoms with van der Waals surface area (Å²) in [6.07, 6.45) is 1.80. The average Bonchev–Trinajstić information content (AvgIpc) is 2.06. The van der Waals surface area contributed by atoms with E-state index in [1.165, 1.54) is 5.56 Å². The van der Waals surface area contributed by atoms with Crippen LogP contribution in [0.15, 0.2) is 18.3 Å². The molecule has 1 aromatic rings. The van der Waals surface area contributed by atoms with Crippen LogP contribution in [0.3, 0.4) is 0 Å². The molecule has 3 heteroatoms. The molecule has 3 nitrogen and oxygen atoms in total. The zero-order valence-electron chi connectivity index (χ0n) is 6.89. The number of nitrogens with one attached hydrogen (secondary N) is 2. The van der Waals surface area contributed by atoms with Crippen LogP contribution in [0.1, 0.15) is 5.56 Å². The molecule has 1 rings (SSSR count). The molecule has 0 aliphatic carbocycles. The van der Waals surface area contributed by atoms with Crippen molar-refractivity contribution in [3.63, 3.8) is 0 Å². The van der Waals surface area contributed by atoms with Gasteiger partial charge < -0.3 is 10.6 Å². The maximum absolute atomic E-state index is 4.10. The van der Waals surface area contributed by atoms with Crippen LogP contribution >= 0.6 is 0 Å². The number of aromatic nitrogens is 1. The lowest BCUT2D eigenvalue weighted by atomic mass is 10.2. The first-order chi connectivity index (χ1) is 5.36. The molecule has 0 saturated carbocycles. The molecule has 1 heterocycles. The Morgan fingerprint density at radius 3 is 2.91 bits per heavy atom. The first-order valence-corrected chi connectivity index (χ1v) is 3.64. The number of anilines is 1. The number of hydrogen-bond donors (Lipinski definition) is 2. The first-order valence-electron chi connectivity index (χ1n) is 3.64. The zero-order chi connectivity index (χ0) is 8.10. The minimum absolute atomic E-state index is 0.886. The SMILES string of the molecule is CNCc1ccnc(NC)c1. The minimum atomic E-state index is 0.886. The monoisotopic (exact) mass is 151 g/mol. The van der Waals surface area contributed by atoms with Crippen LogP contribution in [0.5, 0.6) is 0 Å². The Kier molecular flexibility index (Phi) is 2.86. The lowest BCUT2D eigenvalue weighted by Crippen LogP contribution is -2.05. The summed E-state index contributed by atoms with van der Waals surface area (Å²) in [6.45, 7) is 0.886. The summed E-state index contributed by atoms with van der Waals surface area (Å²) in [4.78, 5) is 4.10. The van der Waals surface area contributed by atoms with Crippen molar-refractivity contribution in [2.75, 3.05) is 19.4 Å². The molecule has 0 atom stereocenters. The Morgan fingerprint density at radius 1 is 1.45 bits per heavy atom. The van der Waals surface area contributed by atoms with Crippen LogP contribution in [-0.2, 0) is 6.54 Å². The second kappa shape index (κ2) is 3.93. The van der Waals surface area contributed by atoms with Crippen LogP contribution in [0.2, 0.25) is 0 Å². The lowest BCUT2D eigenvalue weighted by molar-refractivity contribution is 0.816. The summed E-state index contributed by atoms with van der Waals surface area (Å²) in [5.74, 6) is 0.915. The van der Waals surface area contributed by atoms with Gasteiger partial charge in [-0.3, -0.25) is 0 Å². The van der Waals surface area contributed by atoms with Crippen LogP contribution < -0.4 is 10.6 Å². The van der Waals surface area contributed by atoms with Crippen molar-refractivity contribution in [2.45, 2.75) is 6.54 Å². The predicted octanol–water partition coefficient (Wildman–Crippen LogP) is 0.843. The van der Waals surface area contributed by atoms with Crippen molar-refractivity contribution in [3.8, 4) is 0 Å². The van der Waals surface area contributed by atoms with Crippen molar-refractivity contribution >= 4 is 5.82 Å². The molecule has 0 aliphatic rings. The van der Waals surface area contributed by atoms with E-state index >= 15 is 0 Å². The highest BCUT2D eigenvalue weighted by atomic mass is 14.9. The summed E-state index contributed by atoms with van der Waals surface area (Å²) in [7, 11) is 3.80. The molecular weight excluding hydrogens is 138 g/mol. The second-order valence-corrected chi connectivity index (χ2v) is 2.33. The third kappa shape index (κ3) is 2.20. The summed E-state index contributed by atoms with van der Waals surface area (Å²) < 4.78 is 0. The van der Waals surface area contributed by atoms with Gasteiger partial charge in [-0.15, -0.1) is 0 Å². The summed E-state index contributed by atoms with van der Waals surface area (Å²) in [6, 6.07) is 4.02. The highest BCUT2D eigenvalue weighted by Crippen LogP contribution is 2.04. The maximum Gasteiger partial charge on any atom is 0.125 e.